The Morgan fingerprint density at radius 2 is 1.55 bits per heavy atom. The van der Waals surface area contributed by atoms with Crippen LogP contribution < -0.4 is 19.9 Å². The van der Waals surface area contributed by atoms with E-state index in [9.17, 15) is 9.59 Å². The van der Waals surface area contributed by atoms with E-state index in [1.54, 1.807) is 29.2 Å². The third kappa shape index (κ3) is 6.06. The van der Waals surface area contributed by atoms with E-state index < -0.39 is 11.0 Å². The molecule has 0 spiro atoms. The Bertz CT molecular complexity index is 1490. The molecular weight excluding hydrogens is 605 g/mol. The zero-order valence-corrected chi connectivity index (χ0v) is 26.6. The first-order chi connectivity index (χ1) is 21.2. The second-order valence-corrected chi connectivity index (χ2v) is 12.0. The largest absolute Gasteiger partial charge is 0.493 e. The highest BCUT2D eigenvalue weighted by atomic mass is 35.5. The molecule has 44 heavy (non-hydrogen) atoms. The van der Waals surface area contributed by atoms with Crippen LogP contribution in [0.4, 0.5) is 0 Å². The van der Waals surface area contributed by atoms with E-state index in [1.165, 1.54) is 21.3 Å². The Hall–Kier alpha value is -3.50. The molecule has 0 radical (unpaired) electrons. The Kier molecular flexibility index (Phi) is 9.60. The number of methoxy groups -OCH3 is 3. The number of nitrogens with two attached hydrogens (primary N) is 1. The molecule has 1 atom stereocenters. The second-order valence-electron chi connectivity index (χ2n) is 11.2. The van der Waals surface area contributed by atoms with Crippen molar-refractivity contribution in [3.05, 3.63) is 87.4 Å². The van der Waals surface area contributed by atoms with Crippen LogP contribution in [0.1, 0.15) is 40.7 Å². The fourth-order valence-corrected chi connectivity index (χ4v) is 6.60. The molecule has 0 bridgehead atoms. The minimum absolute atomic E-state index is 0.0779. The molecule has 11 heteroatoms. The minimum Gasteiger partial charge on any atom is -0.493 e. The van der Waals surface area contributed by atoms with Gasteiger partial charge in [0.15, 0.2) is 11.5 Å². The monoisotopic (exact) mass is 641 g/mol. The van der Waals surface area contributed by atoms with Gasteiger partial charge in [0.05, 0.1) is 43.3 Å². The third-order valence-electron chi connectivity index (χ3n) is 8.93. The van der Waals surface area contributed by atoms with Crippen LogP contribution in [0.15, 0.2) is 60.7 Å². The van der Waals surface area contributed by atoms with Crippen LogP contribution in [0.25, 0.3) is 0 Å². The number of ether oxygens (including phenoxy) is 4. The lowest BCUT2D eigenvalue weighted by atomic mass is 9.72. The number of hydrogen-bond acceptors (Lipinski definition) is 7. The lowest BCUT2D eigenvalue weighted by Gasteiger charge is -2.41. The summed E-state index contributed by atoms with van der Waals surface area (Å²) in [6, 6.07) is 18.5. The Labute approximate surface area is 267 Å². The molecule has 2 N–H and O–H groups in total. The summed E-state index contributed by atoms with van der Waals surface area (Å²) < 4.78 is 22.8. The zero-order valence-electron chi connectivity index (χ0n) is 25.1. The highest BCUT2D eigenvalue weighted by Crippen LogP contribution is 2.42. The van der Waals surface area contributed by atoms with Crippen LogP contribution in [-0.2, 0) is 20.5 Å². The van der Waals surface area contributed by atoms with Crippen molar-refractivity contribution < 1.29 is 28.5 Å². The summed E-state index contributed by atoms with van der Waals surface area (Å²) in [6.07, 6.45) is 1.83. The molecule has 3 aromatic carbocycles. The molecule has 2 heterocycles. The summed E-state index contributed by atoms with van der Waals surface area (Å²) in [6.45, 7) is 2.45. The number of benzene rings is 3. The molecule has 2 fully saturated rings. The standard InChI is InChI=1S/C33H37Cl2N3O6/c1-41-27-17-22(18-28(42-2)29(27)43-3)30(39)38-20-33(44-21-38,24-9-10-25(34)26(35)19-24)13-16-37-14-11-32(12-15-37,31(36)40)23-7-5-4-6-8-23/h4-10,17-19H,11-16,20-21H2,1-3H3,(H2,36,40). The Balaban J connectivity index is 1.36. The summed E-state index contributed by atoms with van der Waals surface area (Å²) in [4.78, 5) is 30.4. The first-order valence-electron chi connectivity index (χ1n) is 14.4. The number of amides is 2. The molecule has 5 rings (SSSR count). The van der Waals surface area contributed by atoms with Crippen molar-refractivity contribution in [2.75, 3.05) is 54.2 Å². The summed E-state index contributed by atoms with van der Waals surface area (Å²) in [5, 5.41) is 0.849. The molecule has 3 aromatic rings. The van der Waals surface area contributed by atoms with Gasteiger partial charge in [-0.3, -0.25) is 9.59 Å². The predicted molar refractivity (Wildman–Crippen MR) is 169 cm³/mol. The van der Waals surface area contributed by atoms with Gasteiger partial charge in [-0.15, -0.1) is 0 Å². The molecule has 2 amide bonds. The van der Waals surface area contributed by atoms with Crippen LogP contribution in [0.2, 0.25) is 10.0 Å². The van der Waals surface area contributed by atoms with Crippen LogP contribution in [-0.4, -0.2) is 75.9 Å². The van der Waals surface area contributed by atoms with Gasteiger partial charge < -0.3 is 34.5 Å². The third-order valence-corrected chi connectivity index (χ3v) is 9.67. The molecule has 2 saturated heterocycles. The van der Waals surface area contributed by atoms with E-state index in [0.717, 1.165) is 11.1 Å². The van der Waals surface area contributed by atoms with Gasteiger partial charge in [0.2, 0.25) is 11.7 Å². The molecule has 234 valence electrons. The van der Waals surface area contributed by atoms with E-state index in [-0.39, 0.29) is 18.5 Å². The van der Waals surface area contributed by atoms with E-state index in [1.807, 2.05) is 36.4 Å². The molecule has 9 nitrogen and oxygen atoms in total. The Morgan fingerprint density at radius 3 is 2.11 bits per heavy atom. The summed E-state index contributed by atoms with van der Waals surface area (Å²) in [5.41, 5.74) is 6.61. The van der Waals surface area contributed by atoms with Crippen LogP contribution >= 0.6 is 23.2 Å². The number of likely N-dealkylation sites (tertiary alicyclic amines) is 1. The van der Waals surface area contributed by atoms with Gasteiger partial charge >= 0.3 is 0 Å². The number of primary amides is 1. The lowest BCUT2D eigenvalue weighted by Crippen LogP contribution is -2.50. The number of hydrogen-bond donors (Lipinski definition) is 1. The number of nitrogens with zero attached hydrogens (tertiary/aromatic N) is 2. The molecular formula is C33H37Cl2N3O6. The topological polar surface area (TPSA) is 104 Å². The number of rotatable bonds is 10. The van der Waals surface area contributed by atoms with Gasteiger partial charge in [-0.05, 0) is 67.7 Å². The van der Waals surface area contributed by atoms with Crippen molar-refractivity contribution in [3.8, 4) is 17.2 Å². The average molecular weight is 643 g/mol. The maximum absolute atomic E-state index is 13.8. The van der Waals surface area contributed by atoms with E-state index in [2.05, 4.69) is 4.90 Å². The molecule has 0 aromatic heterocycles. The summed E-state index contributed by atoms with van der Waals surface area (Å²) in [5.74, 6) is 0.648. The van der Waals surface area contributed by atoms with Gasteiger partial charge in [0.1, 0.15) is 12.3 Å². The van der Waals surface area contributed by atoms with E-state index in [4.69, 9.17) is 47.9 Å². The van der Waals surface area contributed by atoms with Crippen molar-refractivity contribution in [1.29, 1.82) is 0 Å². The van der Waals surface area contributed by atoms with Crippen molar-refractivity contribution in [2.24, 2.45) is 5.73 Å². The van der Waals surface area contributed by atoms with Crippen LogP contribution in [0.3, 0.4) is 0 Å². The normalized spacial score (nSPS) is 19.9. The highest BCUT2D eigenvalue weighted by molar-refractivity contribution is 6.42. The van der Waals surface area contributed by atoms with Gasteiger partial charge in [-0.1, -0.05) is 59.6 Å². The number of halogens is 2. The number of carbonyl (C=O) groups is 2. The quantitative estimate of drug-likeness (QED) is 0.322. The fraction of sp³-hybridized carbons (Fsp3) is 0.394. The lowest BCUT2D eigenvalue weighted by molar-refractivity contribution is -0.125. The second kappa shape index (κ2) is 13.2. The van der Waals surface area contributed by atoms with Crippen molar-refractivity contribution in [2.45, 2.75) is 30.3 Å². The first kappa shape index (κ1) is 31.9. The SMILES string of the molecule is COc1cc(C(=O)N2COC(CCN3CCC(C(N)=O)(c4ccccc4)CC3)(c3ccc(Cl)c(Cl)c3)C2)cc(OC)c1OC. The maximum Gasteiger partial charge on any atom is 0.256 e. The minimum atomic E-state index is -0.831. The van der Waals surface area contributed by atoms with Crippen LogP contribution in [0.5, 0.6) is 17.2 Å². The molecule has 1 unspecified atom stereocenters. The smallest absolute Gasteiger partial charge is 0.256 e. The number of carbonyl (C=O) groups excluding carboxylic acids is 2. The van der Waals surface area contributed by atoms with Gasteiger partial charge in [0, 0.05) is 12.1 Å². The van der Waals surface area contributed by atoms with Gasteiger partial charge in [0.25, 0.3) is 5.91 Å². The van der Waals surface area contributed by atoms with Crippen molar-refractivity contribution in [3.63, 3.8) is 0 Å². The van der Waals surface area contributed by atoms with E-state index >= 15 is 0 Å². The molecule has 2 aliphatic heterocycles. The molecule has 0 aliphatic carbocycles. The molecule has 2 aliphatic rings. The Morgan fingerprint density at radius 1 is 0.886 bits per heavy atom. The first-order valence-corrected chi connectivity index (χ1v) is 15.2. The summed E-state index contributed by atoms with van der Waals surface area (Å²) in [7, 11) is 4.53. The molecule has 0 saturated carbocycles. The van der Waals surface area contributed by atoms with Gasteiger partial charge in [-0.25, -0.2) is 0 Å². The van der Waals surface area contributed by atoms with E-state index in [0.29, 0.717) is 78.3 Å². The van der Waals surface area contributed by atoms with Gasteiger partial charge in [-0.2, -0.15) is 0 Å². The maximum atomic E-state index is 13.8. The number of piperidine rings is 1. The van der Waals surface area contributed by atoms with Crippen molar-refractivity contribution >= 4 is 35.0 Å². The predicted octanol–water partition coefficient (Wildman–Crippen LogP) is 5.25. The highest BCUT2D eigenvalue weighted by Gasteiger charge is 2.45. The van der Waals surface area contributed by atoms with Crippen LogP contribution in [0, 0.1) is 0 Å². The summed E-state index contributed by atoms with van der Waals surface area (Å²) >= 11 is 12.7. The fourth-order valence-electron chi connectivity index (χ4n) is 6.30. The van der Waals surface area contributed by atoms with Crippen molar-refractivity contribution in [1.82, 2.24) is 9.80 Å². The average Bonchev–Trinajstić information content (AvgIpc) is 3.50. The zero-order chi connectivity index (χ0) is 31.5.